The minimum atomic E-state index is -0.232. The van der Waals surface area contributed by atoms with Crippen LogP contribution in [0.15, 0.2) is 42.6 Å². The number of benzene rings is 1. The number of anilines is 1. The molecule has 0 fully saturated rings. The number of ether oxygens (including phenoxy) is 1. The van der Waals surface area contributed by atoms with Crippen molar-refractivity contribution >= 4 is 45.0 Å². The van der Waals surface area contributed by atoms with Gasteiger partial charge in [0.05, 0.1) is 13.5 Å². The molecule has 3 N–H and O–H groups in total. The van der Waals surface area contributed by atoms with E-state index >= 15 is 0 Å². The summed E-state index contributed by atoms with van der Waals surface area (Å²) in [5.74, 6) is 1.37. The van der Waals surface area contributed by atoms with Crippen molar-refractivity contribution in [2.24, 2.45) is 5.92 Å². The van der Waals surface area contributed by atoms with Gasteiger partial charge in [-0.1, -0.05) is 53.2 Å². The standard InChI is InChI=1S/C27H30N2O4S2/c1-3-16-4-6-20(30)12-21(31)7-5-17-11-25(33-2)24(32)13-23(17)22-8-9-26(16)35-34-15-19-10-18(22)14-29-27(19)28/h5,7-11,13-14,16,22,26,32H,3-4,6,12,15H2,1-2H3,(H2,28,29). The molecular weight excluding hydrogens is 480 g/mol. The van der Waals surface area contributed by atoms with Crippen LogP contribution in [-0.2, 0) is 15.3 Å². The lowest BCUT2D eigenvalue weighted by Gasteiger charge is -2.26. The molecule has 1 aliphatic carbocycles. The number of allylic oxidation sites excluding steroid dienone is 2. The smallest absolute Gasteiger partial charge is 0.163 e. The SMILES string of the molecule is CCC1CCC(=O)CC(=O)C=Cc2cc(OC)c(O)cc2C2C=CC1SSCc1cc2cnc1N. The number of methoxy groups -OCH3 is 1. The molecule has 1 aliphatic heterocycles. The van der Waals surface area contributed by atoms with Crippen LogP contribution in [0.4, 0.5) is 5.82 Å². The van der Waals surface area contributed by atoms with Crippen LogP contribution >= 0.6 is 21.6 Å². The van der Waals surface area contributed by atoms with Gasteiger partial charge >= 0.3 is 0 Å². The molecule has 0 spiro atoms. The van der Waals surface area contributed by atoms with E-state index in [4.69, 9.17) is 10.5 Å². The number of phenols is 1. The molecule has 4 bridgehead atoms. The third-order valence-electron chi connectivity index (χ3n) is 6.59. The highest BCUT2D eigenvalue weighted by molar-refractivity contribution is 8.76. The summed E-state index contributed by atoms with van der Waals surface area (Å²) >= 11 is 0. The Morgan fingerprint density at radius 3 is 2.80 bits per heavy atom. The second kappa shape index (κ2) is 11.4. The van der Waals surface area contributed by atoms with Gasteiger partial charge in [0.2, 0.25) is 0 Å². The number of hydrogen-bond donors (Lipinski definition) is 2. The van der Waals surface area contributed by atoms with Gasteiger partial charge in [0.15, 0.2) is 17.3 Å². The van der Waals surface area contributed by atoms with E-state index in [9.17, 15) is 14.7 Å². The molecule has 3 atom stereocenters. The molecule has 8 heteroatoms. The number of nitrogen functional groups attached to an aromatic ring is 1. The Balaban J connectivity index is 1.93. The molecular formula is C27H30N2O4S2. The zero-order valence-corrected chi connectivity index (χ0v) is 21.5. The lowest BCUT2D eigenvalue weighted by atomic mass is 9.85. The predicted octanol–water partition coefficient (Wildman–Crippen LogP) is 5.69. The molecule has 2 heterocycles. The van der Waals surface area contributed by atoms with E-state index < -0.39 is 0 Å². The van der Waals surface area contributed by atoms with Crippen molar-refractivity contribution in [2.75, 3.05) is 12.8 Å². The number of fused-ring (bicyclic) bond motifs is 7. The molecule has 1 aromatic heterocycles. The van der Waals surface area contributed by atoms with Gasteiger partial charge in [-0.15, -0.1) is 0 Å². The summed E-state index contributed by atoms with van der Waals surface area (Å²) in [5, 5.41) is 10.8. The monoisotopic (exact) mass is 510 g/mol. The summed E-state index contributed by atoms with van der Waals surface area (Å²) in [6, 6.07) is 5.48. The third kappa shape index (κ3) is 5.93. The Bertz CT molecular complexity index is 1180. The highest BCUT2D eigenvalue weighted by Crippen LogP contribution is 2.43. The number of nitrogens with two attached hydrogens (primary N) is 1. The molecule has 0 saturated carbocycles. The number of Topliss-reactive ketones (excluding diaryl/α,β-unsaturated/α-hetero) is 1. The second-order valence-electron chi connectivity index (χ2n) is 8.87. The molecule has 4 rings (SSSR count). The first-order chi connectivity index (χ1) is 16.9. The first kappa shape index (κ1) is 25.4. The maximum absolute atomic E-state index is 12.6. The number of ketones is 2. The third-order valence-corrected chi connectivity index (χ3v) is 9.35. The summed E-state index contributed by atoms with van der Waals surface area (Å²) in [6.07, 6.45) is 11.3. The number of rotatable bonds is 2. The van der Waals surface area contributed by atoms with E-state index in [1.54, 1.807) is 46.0 Å². The number of pyridine rings is 1. The summed E-state index contributed by atoms with van der Waals surface area (Å²) in [6.45, 7) is 2.14. The first-order valence-electron chi connectivity index (χ1n) is 11.7. The van der Waals surface area contributed by atoms with Gasteiger partial charge in [-0.05, 0) is 53.3 Å². The van der Waals surface area contributed by atoms with Crippen LogP contribution in [0.5, 0.6) is 11.5 Å². The van der Waals surface area contributed by atoms with Crippen molar-refractivity contribution in [3.63, 3.8) is 0 Å². The van der Waals surface area contributed by atoms with Gasteiger partial charge in [-0.25, -0.2) is 4.98 Å². The van der Waals surface area contributed by atoms with Crippen molar-refractivity contribution < 1.29 is 19.4 Å². The van der Waals surface area contributed by atoms with E-state index in [0.29, 0.717) is 23.9 Å². The fourth-order valence-corrected chi connectivity index (χ4v) is 7.48. The van der Waals surface area contributed by atoms with Crippen LogP contribution < -0.4 is 10.5 Å². The number of phenolic OH excluding ortho intramolecular Hbond substituents is 1. The molecule has 35 heavy (non-hydrogen) atoms. The maximum atomic E-state index is 12.6. The second-order valence-corrected chi connectivity index (χ2v) is 11.4. The van der Waals surface area contributed by atoms with E-state index in [-0.39, 0.29) is 34.9 Å². The van der Waals surface area contributed by atoms with E-state index in [1.165, 1.54) is 13.2 Å². The zero-order chi connectivity index (χ0) is 24.9. The summed E-state index contributed by atoms with van der Waals surface area (Å²) in [5.41, 5.74) is 9.66. The van der Waals surface area contributed by atoms with Crippen molar-refractivity contribution in [3.05, 3.63) is 64.9 Å². The van der Waals surface area contributed by atoms with Crippen LogP contribution in [0, 0.1) is 5.92 Å². The summed E-state index contributed by atoms with van der Waals surface area (Å²) < 4.78 is 5.34. The van der Waals surface area contributed by atoms with Gasteiger partial charge < -0.3 is 15.6 Å². The molecule has 0 saturated heterocycles. The Hall–Kier alpha value is -2.71. The average Bonchev–Trinajstić information content (AvgIpc) is 2.84. The lowest BCUT2D eigenvalue weighted by molar-refractivity contribution is -0.124. The highest BCUT2D eigenvalue weighted by atomic mass is 33.1. The van der Waals surface area contributed by atoms with Crippen LogP contribution in [-0.4, -0.2) is 34.0 Å². The van der Waals surface area contributed by atoms with Gasteiger partial charge in [0.1, 0.15) is 11.6 Å². The lowest BCUT2D eigenvalue weighted by Crippen LogP contribution is -2.17. The van der Waals surface area contributed by atoms with Crippen LogP contribution in [0.25, 0.3) is 6.08 Å². The zero-order valence-electron chi connectivity index (χ0n) is 19.9. The molecule has 6 nitrogen and oxygen atoms in total. The van der Waals surface area contributed by atoms with E-state index in [2.05, 4.69) is 30.1 Å². The molecule has 1 aromatic carbocycles. The number of aromatic nitrogens is 1. The molecule has 184 valence electrons. The Morgan fingerprint density at radius 1 is 1.20 bits per heavy atom. The minimum absolute atomic E-state index is 0.0179. The van der Waals surface area contributed by atoms with E-state index in [1.807, 2.05) is 0 Å². The van der Waals surface area contributed by atoms with Gasteiger partial charge in [0, 0.05) is 35.1 Å². The number of hydrogen-bond acceptors (Lipinski definition) is 8. The number of nitrogens with zero attached hydrogens (tertiary/aromatic N) is 1. The topological polar surface area (TPSA) is 103 Å². The fourth-order valence-electron chi connectivity index (χ4n) is 4.53. The van der Waals surface area contributed by atoms with Crippen LogP contribution in [0.2, 0.25) is 0 Å². The van der Waals surface area contributed by atoms with Gasteiger partial charge in [0.25, 0.3) is 0 Å². The molecule has 3 unspecified atom stereocenters. The quantitative estimate of drug-likeness (QED) is 0.302. The highest BCUT2D eigenvalue weighted by Gasteiger charge is 2.25. The molecule has 0 radical (unpaired) electrons. The van der Waals surface area contributed by atoms with E-state index in [0.717, 1.165) is 40.8 Å². The fraction of sp³-hybridized carbons (Fsp3) is 0.370. The average molecular weight is 511 g/mol. The molecule has 2 aliphatic rings. The number of carbonyl (C=O) groups excluding carboxylic acids is 2. The maximum Gasteiger partial charge on any atom is 0.163 e. The van der Waals surface area contributed by atoms with Crippen molar-refractivity contribution in [1.82, 2.24) is 4.98 Å². The summed E-state index contributed by atoms with van der Waals surface area (Å²) in [7, 11) is 5.02. The molecule has 2 aromatic rings. The first-order valence-corrected chi connectivity index (χ1v) is 14.1. The van der Waals surface area contributed by atoms with Crippen LogP contribution in [0.3, 0.4) is 0 Å². The van der Waals surface area contributed by atoms with Crippen molar-refractivity contribution in [1.29, 1.82) is 0 Å². The Kier molecular flexibility index (Phi) is 8.23. The Labute approximate surface area is 213 Å². The van der Waals surface area contributed by atoms with Crippen molar-refractivity contribution in [3.8, 4) is 11.5 Å². The van der Waals surface area contributed by atoms with Crippen molar-refractivity contribution in [2.45, 2.75) is 49.5 Å². The van der Waals surface area contributed by atoms with Gasteiger partial charge in [-0.3, -0.25) is 9.59 Å². The minimum Gasteiger partial charge on any atom is -0.504 e. The summed E-state index contributed by atoms with van der Waals surface area (Å²) in [4.78, 5) is 29.6. The molecule has 0 amide bonds. The van der Waals surface area contributed by atoms with Gasteiger partial charge in [-0.2, -0.15) is 0 Å². The van der Waals surface area contributed by atoms with Crippen LogP contribution in [0.1, 0.15) is 60.8 Å². The number of carbonyl (C=O) groups is 2. The normalized spacial score (nSPS) is 23.0. The predicted molar refractivity (Wildman–Crippen MR) is 144 cm³/mol. The Morgan fingerprint density at radius 2 is 2.03 bits per heavy atom. The largest absolute Gasteiger partial charge is 0.504 e. The number of aromatic hydroxyl groups is 1.